The number of fused-ring (bicyclic) bond motifs is 1. The van der Waals surface area contributed by atoms with E-state index < -0.39 is 0 Å². The van der Waals surface area contributed by atoms with Gasteiger partial charge < -0.3 is 10.1 Å². The molecule has 0 saturated carbocycles. The lowest BCUT2D eigenvalue weighted by molar-refractivity contribution is 0.412. The topological polar surface area (TPSA) is 34.1 Å². The Morgan fingerprint density at radius 2 is 2.10 bits per heavy atom. The van der Waals surface area contributed by atoms with Gasteiger partial charge in [-0.3, -0.25) is 4.98 Å². The van der Waals surface area contributed by atoms with Crippen molar-refractivity contribution in [3.05, 3.63) is 35.7 Å². The van der Waals surface area contributed by atoms with Crippen LogP contribution in [0.25, 0.3) is 10.8 Å². The molecule has 21 heavy (non-hydrogen) atoms. The Balaban J connectivity index is 0.00000110. The number of nitrogens with zero attached hydrogens (tertiary/aromatic N) is 1. The number of hydrogen-bond donors (Lipinski definition) is 1. The van der Waals surface area contributed by atoms with Crippen LogP contribution in [0.1, 0.15) is 30.0 Å². The highest BCUT2D eigenvalue weighted by Crippen LogP contribution is 2.30. The Kier molecular flexibility index (Phi) is 6.72. The van der Waals surface area contributed by atoms with E-state index >= 15 is 0 Å². The SMILES string of the molecule is COc1ccc2cnc(C3CCCNC3)cc2c1C.Cl.Cl. The van der Waals surface area contributed by atoms with Gasteiger partial charge in [-0.1, -0.05) is 0 Å². The second-order valence-electron chi connectivity index (χ2n) is 5.27. The van der Waals surface area contributed by atoms with Gasteiger partial charge in [-0.2, -0.15) is 0 Å². The maximum Gasteiger partial charge on any atom is 0.122 e. The van der Waals surface area contributed by atoms with Gasteiger partial charge in [0, 0.05) is 29.7 Å². The van der Waals surface area contributed by atoms with E-state index in [0.717, 1.165) is 18.8 Å². The summed E-state index contributed by atoms with van der Waals surface area (Å²) in [5, 5.41) is 5.90. The van der Waals surface area contributed by atoms with Gasteiger partial charge in [0.2, 0.25) is 0 Å². The number of benzene rings is 1. The molecule has 0 amide bonds. The summed E-state index contributed by atoms with van der Waals surface area (Å²) in [5.74, 6) is 1.50. The Morgan fingerprint density at radius 3 is 2.76 bits per heavy atom. The molecule has 3 rings (SSSR count). The number of aromatic nitrogens is 1. The highest BCUT2D eigenvalue weighted by Gasteiger charge is 2.17. The van der Waals surface area contributed by atoms with Gasteiger partial charge in [0.15, 0.2) is 0 Å². The number of hydrogen-bond acceptors (Lipinski definition) is 3. The number of pyridine rings is 1. The monoisotopic (exact) mass is 328 g/mol. The zero-order valence-corrected chi connectivity index (χ0v) is 14.0. The van der Waals surface area contributed by atoms with E-state index in [4.69, 9.17) is 4.74 Å². The second kappa shape index (κ2) is 7.83. The fourth-order valence-corrected chi connectivity index (χ4v) is 2.91. The lowest BCUT2D eigenvalue weighted by Crippen LogP contribution is -2.28. The Morgan fingerprint density at radius 1 is 1.29 bits per heavy atom. The first-order valence-electron chi connectivity index (χ1n) is 6.93. The third-order valence-corrected chi connectivity index (χ3v) is 4.08. The zero-order chi connectivity index (χ0) is 13.2. The lowest BCUT2D eigenvalue weighted by atomic mass is 9.94. The molecule has 1 aliphatic heterocycles. The van der Waals surface area contributed by atoms with Gasteiger partial charge in [0.1, 0.15) is 5.75 Å². The minimum Gasteiger partial charge on any atom is -0.496 e. The molecule has 0 spiro atoms. The van der Waals surface area contributed by atoms with E-state index in [0.29, 0.717) is 5.92 Å². The van der Waals surface area contributed by atoms with E-state index in [2.05, 4.69) is 29.4 Å². The molecule has 0 radical (unpaired) electrons. The molecule has 0 aliphatic carbocycles. The van der Waals surface area contributed by atoms with Crippen molar-refractivity contribution in [2.24, 2.45) is 0 Å². The van der Waals surface area contributed by atoms with E-state index in [1.807, 2.05) is 12.3 Å². The van der Waals surface area contributed by atoms with Gasteiger partial charge in [0.05, 0.1) is 7.11 Å². The molecule has 1 atom stereocenters. The summed E-state index contributed by atoms with van der Waals surface area (Å²) in [4.78, 5) is 4.65. The summed E-state index contributed by atoms with van der Waals surface area (Å²) >= 11 is 0. The summed E-state index contributed by atoms with van der Waals surface area (Å²) in [7, 11) is 1.72. The molecule has 1 aromatic carbocycles. The molecule has 3 nitrogen and oxygen atoms in total. The van der Waals surface area contributed by atoms with Crippen LogP contribution in [-0.4, -0.2) is 25.2 Å². The molecule has 0 bridgehead atoms. The van der Waals surface area contributed by atoms with Crippen molar-refractivity contribution in [1.29, 1.82) is 0 Å². The van der Waals surface area contributed by atoms with E-state index in [1.165, 1.54) is 34.9 Å². The van der Waals surface area contributed by atoms with Gasteiger partial charge in [0.25, 0.3) is 0 Å². The standard InChI is InChI=1S/C16H20N2O.2ClH/c1-11-14-8-15(13-4-3-7-17-9-13)18-10-12(14)5-6-16(11)19-2;;/h5-6,8,10,13,17H,3-4,7,9H2,1-2H3;2*1H. The molecule has 2 aromatic rings. The molecule has 1 N–H and O–H groups in total. The Hall–Kier alpha value is -1.03. The first-order chi connectivity index (χ1) is 9.29. The number of ether oxygens (including phenoxy) is 1. The molecule has 1 aromatic heterocycles. The van der Waals surface area contributed by atoms with Crippen molar-refractivity contribution in [1.82, 2.24) is 10.3 Å². The van der Waals surface area contributed by atoms with Gasteiger partial charge in [-0.05, 0) is 55.5 Å². The van der Waals surface area contributed by atoms with Crippen LogP contribution in [0.2, 0.25) is 0 Å². The van der Waals surface area contributed by atoms with Crippen molar-refractivity contribution in [3.63, 3.8) is 0 Å². The molecule has 1 unspecified atom stereocenters. The van der Waals surface area contributed by atoms with E-state index in [-0.39, 0.29) is 24.8 Å². The Bertz CT molecular complexity index is 598. The van der Waals surface area contributed by atoms with Crippen LogP contribution in [0.5, 0.6) is 5.75 Å². The summed E-state index contributed by atoms with van der Waals surface area (Å²) in [6.07, 6.45) is 4.46. The van der Waals surface area contributed by atoms with Crippen molar-refractivity contribution < 1.29 is 4.74 Å². The van der Waals surface area contributed by atoms with Crippen LogP contribution in [0, 0.1) is 6.92 Å². The predicted molar refractivity (Wildman–Crippen MR) is 92.4 cm³/mol. The normalized spacial score (nSPS) is 17.7. The zero-order valence-electron chi connectivity index (χ0n) is 12.4. The number of aryl methyl sites for hydroxylation is 1. The van der Waals surface area contributed by atoms with Gasteiger partial charge >= 0.3 is 0 Å². The van der Waals surface area contributed by atoms with Crippen molar-refractivity contribution in [2.45, 2.75) is 25.7 Å². The molecule has 116 valence electrons. The maximum atomic E-state index is 5.41. The molecule has 1 aliphatic rings. The van der Waals surface area contributed by atoms with E-state index in [9.17, 15) is 0 Å². The fraction of sp³-hybridized carbons (Fsp3) is 0.438. The molecule has 1 saturated heterocycles. The lowest BCUT2D eigenvalue weighted by Gasteiger charge is -2.22. The number of piperidine rings is 1. The average Bonchev–Trinajstić information content (AvgIpc) is 2.48. The molecule has 2 heterocycles. The van der Waals surface area contributed by atoms with Gasteiger partial charge in [-0.15, -0.1) is 24.8 Å². The quantitative estimate of drug-likeness (QED) is 0.908. The van der Waals surface area contributed by atoms with Crippen LogP contribution in [0.15, 0.2) is 24.4 Å². The van der Waals surface area contributed by atoms with Crippen LogP contribution >= 0.6 is 24.8 Å². The van der Waals surface area contributed by atoms with E-state index in [1.54, 1.807) is 7.11 Å². The third-order valence-electron chi connectivity index (χ3n) is 4.08. The first kappa shape index (κ1) is 18.0. The summed E-state index contributed by atoms with van der Waals surface area (Å²) in [5.41, 5.74) is 2.41. The fourth-order valence-electron chi connectivity index (χ4n) is 2.91. The number of rotatable bonds is 2. The summed E-state index contributed by atoms with van der Waals surface area (Å²) < 4.78 is 5.41. The minimum atomic E-state index is 0. The molecular weight excluding hydrogens is 307 g/mol. The predicted octanol–water partition coefficient (Wildman–Crippen LogP) is 3.86. The Labute approximate surface area is 138 Å². The molecular formula is C16H22Cl2N2O. The first-order valence-corrected chi connectivity index (χ1v) is 6.93. The van der Waals surface area contributed by atoms with Crippen LogP contribution in [-0.2, 0) is 0 Å². The number of nitrogens with one attached hydrogen (secondary N) is 1. The number of methoxy groups -OCH3 is 1. The van der Waals surface area contributed by atoms with Crippen LogP contribution in [0.4, 0.5) is 0 Å². The average molecular weight is 329 g/mol. The minimum absolute atomic E-state index is 0. The van der Waals surface area contributed by atoms with Crippen LogP contribution in [0.3, 0.4) is 0 Å². The summed E-state index contributed by atoms with van der Waals surface area (Å²) in [6, 6.07) is 6.34. The molecule has 5 heteroatoms. The molecule has 1 fully saturated rings. The van der Waals surface area contributed by atoms with Crippen LogP contribution < -0.4 is 10.1 Å². The highest BCUT2D eigenvalue weighted by atomic mass is 35.5. The highest BCUT2D eigenvalue weighted by molar-refractivity contribution is 5.87. The van der Waals surface area contributed by atoms with Crippen molar-refractivity contribution in [3.8, 4) is 5.75 Å². The van der Waals surface area contributed by atoms with Crippen molar-refractivity contribution >= 4 is 35.6 Å². The second-order valence-corrected chi connectivity index (χ2v) is 5.27. The maximum absolute atomic E-state index is 5.41. The summed E-state index contributed by atoms with van der Waals surface area (Å²) in [6.45, 7) is 4.29. The van der Waals surface area contributed by atoms with Crippen molar-refractivity contribution in [2.75, 3.05) is 20.2 Å². The number of halogens is 2. The smallest absolute Gasteiger partial charge is 0.122 e. The van der Waals surface area contributed by atoms with Gasteiger partial charge in [-0.25, -0.2) is 0 Å². The third kappa shape index (κ3) is 3.60. The largest absolute Gasteiger partial charge is 0.496 e.